The topological polar surface area (TPSA) is 17.1 Å². The van der Waals surface area contributed by atoms with E-state index in [1.165, 1.54) is 0 Å². The first kappa shape index (κ1) is 22.5. The summed E-state index contributed by atoms with van der Waals surface area (Å²) in [6, 6.07) is 0. The minimum atomic E-state index is 0. The molecule has 0 aliphatic carbocycles. The molecule has 8 heavy (non-hydrogen) atoms. The largest absolute Gasteiger partial charge is 0.542 e. The van der Waals surface area contributed by atoms with E-state index in [1.807, 2.05) is 0 Å². The van der Waals surface area contributed by atoms with Crippen LogP contribution in [-0.4, -0.2) is 6.29 Å². The summed E-state index contributed by atoms with van der Waals surface area (Å²) in [5.74, 6) is 0.0787. The summed E-state index contributed by atoms with van der Waals surface area (Å²) >= 11 is 0. The third kappa shape index (κ3) is 24.8. The van der Waals surface area contributed by atoms with Crippen molar-refractivity contribution in [2.45, 2.75) is 13.8 Å². The molecule has 0 aromatic carbocycles. The fraction of sp³-hybridized carbons (Fsp3) is 0.600. The van der Waals surface area contributed by atoms with E-state index in [2.05, 4.69) is 0 Å². The summed E-state index contributed by atoms with van der Waals surface area (Å²) in [4.78, 5) is 9.38. The Hall–Kier alpha value is 1.88. The molecule has 0 unspecified atom stereocenters. The molecule has 3 heteroatoms. The monoisotopic (exact) mass is 264 g/mol. The molecular formula is C5H10OY2-2. The predicted molar refractivity (Wildman–Crippen MR) is 26.9 cm³/mol. The molecule has 0 saturated heterocycles. The van der Waals surface area contributed by atoms with Gasteiger partial charge in [0.25, 0.3) is 0 Å². The molecule has 0 saturated carbocycles. The van der Waals surface area contributed by atoms with Gasteiger partial charge >= 0.3 is 0 Å². The Labute approximate surface area is 102 Å². The van der Waals surface area contributed by atoms with Crippen LogP contribution in [0.2, 0.25) is 0 Å². The van der Waals surface area contributed by atoms with Gasteiger partial charge in [-0.15, -0.1) is 5.92 Å². The molecule has 0 aliphatic rings. The average Bonchev–Trinajstić information content (AvgIpc) is 1.38. The van der Waals surface area contributed by atoms with Crippen molar-refractivity contribution in [1.82, 2.24) is 0 Å². The van der Waals surface area contributed by atoms with Crippen molar-refractivity contribution in [2.24, 2.45) is 5.92 Å². The van der Waals surface area contributed by atoms with Gasteiger partial charge in [0, 0.05) is 65.4 Å². The van der Waals surface area contributed by atoms with E-state index >= 15 is 0 Å². The van der Waals surface area contributed by atoms with E-state index in [0.29, 0.717) is 0 Å². The van der Waals surface area contributed by atoms with E-state index in [-0.39, 0.29) is 78.8 Å². The summed E-state index contributed by atoms with van der Waals surface area (Å²) < 4.78 is 0. The maximum atomic E-state index is 9.38. The van der Waals surface area contributed by atoms with Gasteiger partial charge in [-0.1, -0.05) is 13.8 Å². The van der Waals surface area contributed by atoms with Gasteiger partial charge in [0.15, 0.2) is 0 Å². The van der Waals surface area contributed by atoms with Gasteiger partial charge in [0.1, 0.15) is 0 Å². The van der Waals surface area contributed by atoms with Crippen LogP contribution >= 0.6 is 0 Å². The van der Waals surface area contributed by atoms with Gasteiger partial charge in [0.2, 0.25) is 0 Å². The van der Waals surface area contributed by atoms with Gasteiger partial charge in [-0.25, -0.2) is 0 Å². The second-order valence-corrected chi connectivity index (χ2v) is 1.27. The van der Waals surface area contributed by atoms with Gasteiger partial charge in [0.05, 0.1) is 0 Å². The number of rotatable bonds is 1. The molecule has 0 heterocycles. The van der Waals surface area contributed by atoms with E-state index < -0.39 is 0 Å². The second-order valence-electron chi connectivity index (χ2n) is 1.27. The predicted octanol–water partition coefficient (Wildman–Crippen LogP) is 1.20. The summed E-state index contributed by atoms with van der Waals surface area (Å²) in [5, 5.41) is 0. The zero-order valence-corrected chi connectivity index (χ0v) is 11.3. The molecule has 0 bridgehead atoms. The zero-order valence-electron chi connectivity index (χ0n) is 5.64. The van der Waals surface area contributed by atoms with Crippen LogP contribution in [0.25, 0.3) is 0 Å². The average molecular weight is 264 g/mol. The SMILES string of the molecule is CC(C)[C-]=O.[CH3-].[Y].[Y]. The van der Waals surface area contributed by atoms with Crippen molar-refractivity contribution in [2.75, 3.05) is 0 Å². The van der Waals surface area contributed by atoms with Crippen molar-refractivity contribution in [3.05, 3.63) is 7.43 Å². The quantitative estimate of drug-likeness (QED) is 0.650. The molecule has 0 aliphatic heterocycles. The molecule has 0 N–H and O–H groups in total. The second kappa shape index (κ2) is 15.9. The Morgan fingerprint density at radius 1 is 1.25 bits per heavy atom. The van der Waals surface area contributed by atoms with Crippen LogP contribution in [-0.2, 0) is 70.2 Å². The van der Waals surface area contributed by atoms with E-state index in [0.717, 1.165) is 0 Å². The van der Waals surface area contributed by atoms with Crippen LogP contribution in [0.4, 0.5) is 0 Å². The molecule has 1 nitrogen and oxygen atoms in total. The van der Waals surface area contributed by atoms with Crippen LogP contribution in [0.3, 0.4) is 0 Å². The normalized spacial score (nSPS) is 5.38. The summed E-state index contributed by atoms with van der Waals surface area (Å²) in [7, 11) is 0. The van der Waals surface area contributed by atoms with Crippen LogP contribution in [0.15, 0.2) is 0 Å². The minimum Gasteiger partial charge on any atom is -0.542 e. The fourth-order valence-corrected chi connectivity index (χ4v) is 0. The van der Waals surface area contributed by atoms with Crippen LogP contribution < -0.4 is 0 Å². The molecule has 0 amide bonds. The first-order valence-electron chi connectivity index (χ1n) is 1.65. The number of hydrogen-bond donors (Lipinski definition) is 0. The molecule has 0 rings (SSSR count). The van der Waals surface area contributed by atoms with E-state index in [9.17, 15) is 4.79 Å². The van der Waals surface area contributed by atoms with Crippen molar-refractivity contribution in [1.29, 1.82) is 0 Å². The van der Waals surface area contributed by atoms with Crippen LogP contribution in [0.1, 0.15) is 13.8 Å². The van der Waals surface area contributed by atoms with Crippen molar-refractivity contribution < 1.29 is 70.2 Å². The van der Waals surface area contributed by atoms with Crippen molar-refractivity contribution in [3.63, 3.8) is 0 Å². The third-order valence-electron chi connectivity index (χ3n) is 0.236. The minimum absolute atomic E-state index is 0. The Balaban J connectivity index is -0.0000000267. The van der Waals surface area contributed by atoms with E-state index in [4.69, 9.17) is 0 Å². The maximum absolute atomic E-state index is 9.38. The Kier molecular flexibility index (Phi) is 44.9. The molecule has 0 atom stereocenters. The zero-order chi connectivity index (χ0) is 4.28. The molecule has 0 fully saturated rings. The molecule has 0 spiro atoms. The van der Waals surface area contributed by atoms with E-state index in [1.54, 1.807) is 20.1 Å². The summed E-state index contributed by atoms with van der Waals surface area (Å²) in [5.41, 5.74) is 0. The molecular weight excluding hydrogens is 254 g/mol. The maximum Gasteiger partial charge on any atom is 0 e. The third-order valence-corrected chi connectivity index (χ3v) is 0.236. The molecule has 0 aromatic rings. The summed E-state index contributed by atoms with van der Waals surface area (Å²) in [6.45, 7) is 3.60. The summed E-state index contributed by atoms with van der Waals surface area (Å²) in [6.07, 6.45) is 1.78. The molecule has 2 radical (unpaired) electrons. The molecule has 0 aromatic heterocycles. The Bertz CT molecular complexity index is 37.4. The van der Waals surface area contributed by atoms with Gasteiger partial charge < -0.3 is 12.2 Å². The van der Waals surface area contributed by atoms with Crippen LogP contribution in [0.5, 0.6) is 0 Å². The number of carbonyl (C=O) groups excluding carboxylic acids is 1. The number of hydrogen-bond acceptors (Lipinski definition) is 1. The molecule has 44 valence electrons. The Morgan fingerprint density at radius 2 is 1.38 bits per heavy atom. The van der Waals surface area contributed by atoms with Crippen LogP contribution in [0, 0.1) is 13.3 Å². The smallest absolute Gasteiger partial charge is 0 e. The van der Waals surface area contributed by atoms with Crippen molar-refractivity contribution in [3.8, 4) is 0 Å². The fourth-order valence-electron chi connectivity index (χ4n) is 0. The van der Waals surface area contributed by atoms with Gasteiger partial charge in [-0.05, 0) is 0 Å². The van der Waals surface area contributed by atoms with Gasteiger partial charge in [-0.2, -0.15) is 0 Å². The standard InChI is InChI=1S/C4H7O.CH3.2Y/c1-4(2)3-5;;;/h4H,1-2H3;1H3;;/q2*-1;;. The Morgan fingerprint density at radius 3 is 1.38 bits per heavy atom. The first-order chi connectivity index (χ1) is 2.27. The van der Waals surface area contributed by atoms with Gasteiger partial charge in [-0.3, -0.25) is 6.29 Å². The first-order valence-corrected chi connectivity index (χ1v) is 1.65. The van der Waals surface area contributed by atoms with Crippen molar-refractivity contribution >= 4 is 6.29 Å².